The molecule has 3 aromatic rings. The fourth-order valence-electron chi connectivity index (χ4n) is 2.57. The Kier molecular flexibility index (Phi) is 5.90. The number of fused-ring (bicyclic) bond motifs is 1. The summed E-state index contributed by atoms with van der Waals surface area (Å²) in [5, 5.41) is 3.36. The molecule has 1 heterocycles. The summed E-state index contributed by atoms with van der Waals surface area (Å²) in [4.78, 5) is 33.5. The number of amides is 1. The third-order valence-corrected chi connectivity index (χ3v) is 4.60. The highest BCUT2D eigenvalue weighted by Gasteiger charge is 2.19. The molecule has 1 N–H and O–H groups in total. The Morgan fingerprint density at radius 1 is 1.04 bits per heavy atom. The van der Waals surface area contributed by atoms with E-state index in [1.54, 1.807) is 30.3 Å². The molecule has 0 fully saturated rings. The monoisotopic (exact) mass is 397 g/mol. The van der Waals surface area contributed by atoms with E-state index in [0.29, 0.717) is 28.2 Å². The molecule has 1 aromatic heterocycles. The maximum absolute atomic E-state index is 12.4. The molecule has 1 atom stereocenters. The average Bonchev–Trinajstić information content (AvgIpc) is 2.67. The number of aromatic nitrogens is 2. The van der Waals surface area contributed by atoms with Crippen molar-refractivity contribution in [2.45, 2.75) is 33.4 Å². The number of rotatable bonds is 5. The Labute approximate surface area is 167 Å². The largest absolute Gasteiger partial charge is 0.449 e. The molecule has 0 aliphatic heterocycles. The van der Waals surface area contributed by atoms with Gasteiger partial charge in [0.15, 0.2) is 6.10 Å². The lowest BCUT2D eigenvalue weighted by Gasteiger charge is -2.14. The number of benzene rings is 2. The summed E-state index contributed by atoms with van der Waals surface area (Å²) in [6.07, 6.45) is -0.929. The molecular weight excluding hydrogens is 378 g/mol. The molecule has 1 unspecified atom stereocenters. The van der Waals surface area contributed by atoms with Gasteiger partial charge < -0.3 is 10.1 Å². The van der Waals surface area contributed by atoms with Crippen molar-refractivity contribution in [1.82, 2.24) is 15.3 Å². The summed E-state index contributed by atoms with van der Waals surface area (Å²) in [6, 6.07) is 12.1. The molecule has 7 heteroatoms. The van der Waals surface area contributed by atoms with Crippen molar-refractivity contribution < 1.29 is 14.3 Å². The van der Waals surface area contributed by atoms with E-state index in [2.05, 4.69) is 15.3 Å². The zero-order valence-electron chi connectivity index (χ0n) is 15.8. The summed E-state index contributed by atoms with van der Waals surface area (Å²) in [7, 11) is 0. The van der Waals surface area contributed by atoms with Crippen molar-refractivity contribution in [3.63, 3.8) is 0 Å². The van der Waals surface area contributed by atoms with Gasteiger partial charge in [0.25, 0.3) is 5.91 Å². The van der Waals surface area contributed by atoms with Gasteiger partial charge in [-0.1, -0.05) is 23.7 Å². The van der Waals surface area contributed by atoms with E-state index in [9.17, 15) is 9.59 Å². The lowest BCUT2D eigenvalue weighted by Crippen LogP contribution is -2.35. The van der Waals surface area contributed by atoms with E-state index in [-0.39, 0.29) is 5.91 Å². The molecule has 2 aromatic carbocycles. The molecule has 0 saturated carbocycles. The van der Waals surface area contributed by atoms with Gasteiger partial charge in [0, 0.05) is 11.6 Å². The smallest absolute Gasteiger partial charge is 0.338 e. The van der Waals surface area contributed by atoms with Crippen LogP contribution in [0.3, 0.4) is 0 Å². The minimum Gasteiger partial charge on any atom is -0.449 e. The zero-order chi connectivity index (χ0) is 20.3. The first kappa shape index (κ1) is 19.8. The summed E-state index contributed by atoms with van der Waals surface area (Å²) in [5.74, 6) is -0.966. The number of hydrogen-bond donors (Lipinski definition) is 1. The van der Waals surface area contributed by atoms with Gasteiger partial charge in [0.2, 0.25) is 0 Å². The first-order valence-corrected chi connectivity index (χ1v) is 9.19. The summed E-state index contributed by atoms with van der Waals surface area (Å²) >= 11 is 5.84. The van der Waals surface area contributed by atoms with Crippen molar-refractivity contribution in [1.29, 1.82) is 0 Å². The molecule has 0 aliphatic rings. The lowest BCUT2D eigenvalue weighted by atomic mass is 10.2. The minimum atomic E-state index is -0.929. The Balaban J connectivity index is 1.62. The van der Waals surface area contributed by atoms with Gasteiger partial charge in [-0.3, -0.25) is 4.79 Å². The summed E-state index contributed by atoms with van der Waals surface area (Å²) < 4.78 is 5.29. The number of nitrogens with one attached hydrogen (secondary N) is 1. The highest BCUT2D eigenvalue weighted by atomic mass is 35.5. The van der Waals surface area contributed by atoms with Gasteiger partial charge in [-0.25, -0.2) is 14.8 Å². The summed E-state index contributed by atoms with van der Waals surface area (Å²) in [6.45, 7) is 5.60. The minimum absolute atomic E-state index is 0.322. The number of carbonyl (C=O) groups excluding carboxylic acids is 2. The van der Waals surface area contributed by atoms with E-state index in [0.717, 1.165) is 17.0 Å². The molecule has 1 amide bonds. The highest BCUT2D eigenvalue weighted by molar-refractivity contribution is 6.30. The van der Waals surface area contributed by atoms with Crippen LogP contribution in [0.1, 0.15) is 34.2 Å². The van der Waals surface area contributed by atoms with Gasteiger partial charge in [-0.2, -0.15) is 0 Å². The quantitative estimate of drug-likeness (QED) is 0.663. The number of ether oxygens (including phenoxy) is 1. The second-order valence-electron chi connectivity index (χ2n) is 6.49. The van der Waals surface area contributed by atoms with Crippen LogP contribution in [-0.2, 0) is 16.1 Å². The van der Waals surface area contributed by atoms with Crippen molar-refractivity contribution in [2.75, 3.05) is 0 Å². The first-order chi connectivity index (χ1) is 13.3. The molecule has 0 bridgehead atoms. The van der Waals surface area contributed by atoms with E-state index < -0.39 is 12.1 Å². The lowest BCUT2D eigenvalue weighted by molar-refractivity contribution is -0.129. The molecule has 3 rings (SSSR count). The Morgan fingerprint density at radius 2 is 1.68 bits per heavy atom. The maximum atomic E-state index is 12.4. The van der Waals surface area contributed by atoms with Crippen LogP contribution >= 0.6 is 11.6 Å². The van der Waals surface area contributed by atoms with E-state index in [1.807, 2.05) is 26.0 Å². The van der Waals surface area contributed by atoms with Crippen LogP contribution in [0, 0.1) is 13.8 Å². The van der Waals surface area contributed by atoms with E-state index >= 15 is 0 Å². The van der Waals surface area contributed by atoms with Crippen molar-refractivity contribution in [3.05, 3.63) is 70.0 Å². The molecule has 0 radical (unpaired) electrons. The molecule has 28 heavy (non-hydrogen) atoms. The van der Waals surface area contributed by atoms with Crippen molar-refractivity contribution in [3.8, 4) is 0 Å². The normalized spacial score (nSPS) is 11.9. The number of carbonyl (C=O) groups is 2. The molecule has 0 spiro atoms. The third-order valence-electron chi connectivity index (χ3n) is 4.34. The second-order valence-corrected chi connectivity index (χ2v) is 6.93. The number of aryl methyl sites for hydroxylation is 2. The van der Waals surface area contributed by atoms with Gasteiger partial charge in [0.05, 0.1) is 28.0 Å². The van der Waals surface area contributed by atoms with Gasteiger partial charge >= 0.3 is 5.97 Å². The predicted molar refractivity (Wildman–Crippen MR) is 107 cm³/mol. The number of hydrogen-bond acceptors (Lipinski definition) is 5. The molecule has 6 nitrogen and oxygen atoms in total. The number of esters is 1. The van der Waals surface area contributed by atoms with Crippen molar-refractivity contribution >= 4 is 34.5 Å². The zero-order valence-corrected chi connectivity index (χ0v) is 16.6. The standard InChI is InChI=1S/C21H20ClN3O3/c1-12-13(2)25-19-10-16(6-9-18(19)24-12)21(27)28-14(3)20(26)23-11-15-4-7-17(22)8-5-15/h4-10,14H,11H2,1-3H3,(H,23,26). The third kappa shape index (κ3) is 4.64. The summed E-state index contributed by atoms with van der Waals surface area (Å²) in [5.41, 5.74) is 4.17. The number of halogens is 1. The molecule has 0 saturated heterocycles. The van der Waals surface area contributed by atoms with Gasteiger partial charge in [-0.15, -0.1) is 0 Å². The van der Waals surface area contributed by atoms with Crippen LogP contribution in [0.15, 0.2) is 42.5 Å². The molecular formula is C21H20ClN3O3. The number of nitrogens with zero attached hydrogens (tertiary/aromatic N) is 2. The molecule has 144 valence electrons. The SMILES string of the molecule is Cc1nc2ccc(C(=O)OC(C)C(=O)NCc3ccc(Cl)cc3)cc2nc1C. The fraction of sp³-hybridized carbons (Fsp3) is 0.238. The van der Waals surface area contributed by atoms with Crippen LogP contribution in [0.4, 0.5) is 0 Å². The predicted octanol–water partition coefficient (Wildman–Crippen LogP) is 3.76. The van der Waals surface area contributed by atoms with Crippen LogP contribution < -0.4 is 5.32 Å². The van der Waals surface area contributed by atoms with Crippen LogP contribution in [0.5, 0.6) is 0 Å². The van der Waals surface area contributed by atoms with Gasteiger partial charge in [-0.05, 0) is 56.7 Å². The Morgan fingerprint density at radius 3 is 2.36 bits per heavy atom. The maximum Gasteiger partial charge on any atom is 0.338 e. The first-order valence-electron chi connectivity index (χ1n) is 8.81. The second kappa shape index (κ2) is 8.35. The highest BCUT2D eigenvalue weighted by Crippen LogP contribution is 2.16. The van der Waals surface area contributed by atoms with Crippen LogP contribution in [-0.4, -0.2) is 27.9 Å². The van der Waals surface area contributed by atoms with Crippen LogP contribution in [0.2, 0.25) is 5.02 Å². The van der Waals surface area contributed by atoms with E-state index in [1.165, 1.54) is 6.92 Å². The van der Waals surface area contributed by atoms with Crippen molar-refractivity contribution in [2.24, 2.45) is 0 Å². The van der Waals surface area contributed by atoms with E-state index in [4.69, 9.17) is 16.3 Å². The van der Waals surface area contributed by atoms with Crippen LogP contribution in [0.25, 0.3) is 11.0 Å². The Hall–Kier alpha value is -2.99. The topological polar surface area (TPSA) is 81.2 Å². The average molecular weight is 398 g/mol. The fourth-order valence-corrected chi connectivity index (χ4v) is 2.70. The Bertz CT molecular complexity index is 1030. The van der Waals surface area contributed by atoms with Gasteiger partial charge in [0.1, 0.15) is 0 Å². The molecule has 0 aliphatic carbocycles.